The van der Waals surface area contributed by atoms with Crippen molar-refractivity contribution in [2.45, 2.75) is 6.54 Å². The van der Waals surface area contributed by atoms with E-state index in [-0.39, 0.29) is 24.0 Å². The molecule has 0 saturated heterocycles. The molecule has 104 valence electrons. The fraction of sp³-hybridized carbons (Fsp3) is 0.133. The minimum atomic E-state index is -0.327. The van der Waals surface area contributed by atoms with E-state index in [9.17, 15) is 14.3 Å². The smallest absolute Gasteiger partial charge is 0.251 e. The number of ether oxygens (including phenoxy) is 1. The zero-order valence-corrected chi connectivity index (χ0v) is 10.9. The first kappa shape index (κ1) is 13.9. The van der Waals surface area contributed by atoms with Crippen LogP contribution < -0.4 is 10.1 Å². The van der Waals surface area contributed by atoms with Gasteiger partial charge in [-0.15, -0.1) is 0 Å². The van der Waals surface area contributed by atoms with E-state index in [1.165, 1.54) is 31.4 Å². The Bertz CT molecular complexity index is 611. The summed E-state index contributed by atoms with van der Waals surface area (Å²) in [6.07, 6.45) is 0. The summed E-state index contributed by atoms with van der Waals surface area (Å²) in [5, 5.41) is 12.3. The van der Waals surface area contributed by atoms with Gasteiger partial charge in [0.2, 0.25) is 0 Å². The van der Waals surface area contributed by atoms with Crippen LogP contribution >= 0.6 is 0 Å². The number of benzene rings is 2. The summed E-state index contributed by atoms with van der Waals surface area (Å²) in [5.41, 5.74) is 1.11. The maximum absolute atomic E-state index is 12.7. The van der Waals surface area contributed by atoms with E-state index in [4.69, 9.17) is 4.74 Å². The third-order valence-corrected chi connectivity index (χ3v) is 2.81. The van der Waals surface area contributed by atoms with Crippen LogP contribution in [0.4, 0.5) is 4.39 Å². The molecular formula is C15H14FNO3. The van der Waals surface area contributed by atoms with Gasteiger partial charge in [-0.3, -0.25) is 4.79 Å². The van der Waals surface area contributed by atoms with Crippen molar-refractivity contribution in [2.75, 3.05) is 7.11 Å². The minimum Gasteiger partial charge on any atom is -0.504 e. The lowest BCUT2D eigenvalue weighted by Gasteiger charge is -2.07. The average molecular weight is 275 g/mol. The lowest BCUT2D eigenvalue weighted by atomic mass is 10.1. The Labute approximate surface area is 115 Å². The highest BCUT2D eigenvalue weighted by molar-refractivity contribution is 5.94. The molecule has 0 heterocycles. The Hall–Kier alpha value is -2.56. The van der Waals surface area contributed by atoms with Gasteiger partial charge in [0, 0.05) is 12.1 Å². The van der Waals surface area contributed by atoms with E-state index in [0.717, 1.165) is 5.56 Å². The number of nitrogens with one attached hydrogen (secondary N) is 1. The van der Waals surface area contributed by atoms with Gasteiger partial charge in [-0.2, -0.15) is 0 Å². The summed E-state index contributed by atoms with van der Waals surface area (Å²) in [4.78, 5) is 11.9. The molecule has 0 spiro atoms. The normalized spacial score (nSPS) is 10.1. The number of halogens is 1. The quantitative estimate of drug-likeness (QED) is 0.901. The number of rotatable bonds is 4. The average Bonchev–Trinajstić information content (AvgIpc) is 2.46. The molecule has 20 heavy (non-hydrogen) atoms. The first-order valence-corrected chi connectivity index (χ1v) is 6.00. The Morgan fingerprint density at radius 1 is 1.25 bits per heavy atom. The molecule has 1 amide bonds. The van der Waals surface area contributed by atoms with Gasteiger partial charge in [-0.05, 0) is 35.9 Å². The van der Waals surface area contributed by atoms with Gasteiger partial charge >= 0.3 is 0 Å². The van der Waals surface area contributed by atoms with Crippen LogP contribution in [0.2, 0.25) is 0 Å². The Morgan fingerprint density at radius 2 is 1.95 bits per heavy atom. The molecule has 5 heteroatoms. The number of phenolic OH excluding ortho intramolecular Hbond substituents is 1. The highest BCUT2D eigenvalue weighted by Gasteiger charge is 2.09. The zero-order valence-electron chi connectivity index (χ0n) is 10.9. The van der Waals surface area contributed by atoms with E-state index < -0.39 is 0 Å². The molecule has 0 radical (unpaired) electrons. The molecule has 0 aliphatic carbocycles. The molecule has 2 N–H and O–H groups in total. The highest BCUT2D eigenvalue weighted by atomic mass is 19.1. The standard InChI is InChI=1S/C15H14FNO3/c1-20-14-7-4-11(8-13(14)18)15(19)17-9-10-2-5-12(16)6-3-10/h2-8,18H,9H2,1H3,(H,17,19). The van der Waals surface area contributed by atoms with Gasteiger partial charge in [0.25, 0.3) is 5.91 Å². The van der Waals surface area contributed by atoms with Gasteiger partial charge in [0.1, 0.15) is 5.82 Å². The molecular weight excluding hydrogens is 261 g/mol. The van der Waals surface area contributed by atoms with Crippen molar-refractivity contribution in [3.05, 3.63) is 59.4 Å². The molecule has 0 aliphatic rings. The summed E-state index contributed by atoms with van der Waals surface area (Å²) >= 11 is 0. The van der Waals surface area contributed by atoms with Crippen molar-refractivity contribution < 1.29 is 19.0 Å². The van der Waals surface area contributed by atoms with E-state index in [1.807, 2.05) is 0 Å². The van der Waals surface area contributed by atoms with Crippen molar-refractivity contribution in [3.8, 4) is 11.5 Å². The highest BCUT2D eigenvalue weighted by Crippen LogP contribution is 2.26. The second kappa shape index (κ2) is 6.06. The van der Waals surface area contributed by atoms with Crippen LogP contribution in [0, 0.1) is 5.82 Å². The van der Waals surface area contributed by atoms with Gasteiger partial charge < -0.3 is 15.2 Å². The number of phenols is 1. The van der Waals surface area contributed by atoms with E-state index in [2.05, 4.69) is 5.32 Å². The fourth-order valence-corrected chi connectivity index (χ4v) is 1.72. The second-order valence-electron chi connectivity index (χ2n) is 4.20. The predicted octanol–water partition coefficient (Wildman–Crippen LogP) is 2.47. The minimum absolute atomic E-state index is 0.0954. The Balaban J connectivity index is 2.01. The number of carbonyl (C=O) groups is 1. The second-order valence-corrected chi connectivity index (χ2v) is 4.20. The van der Waals surface area contributed by atoms with Crippen LogP contribution in [0.15, 0.2) is 42.5 Å². The topological polar surface area (TPSA) is 58.6 Å². The van der Waals surface area contributed by atoms with Gasteiger partial charge in [0.15, 0.2) is 11.5 Å². The summed E-state index contributed by atoms with van der Waals surface area (Å²) in [6, 6.07) is 10.3. The summed E-state index contributed by atoms with van der Waals surface area (Å²) in [6.45, 7) is 0.284. The van der Waals surface area contributed by atoms with E-state index in [0.29, 0.717) is 11.3 Å². The summed E-state index contributed by atoms with van der Waals surface area (Å²) in [7, 11) is 1.43. The van der Waals surface area contributed by atoms with Gasteiger partial charge in [0.05, 0.1) is 7.11 Å². The largest absolute Gasteiger partial charge is 0.504 e. The molecule has 2 aromatic rings. The number of hydrogen-bond acceptors (Lipinski definition) is 3. The molecule has 0 saturated carbocycles. The number of carbonyl (C=O) groups excluding carboxylic acids is 1. The van der Waals surface area contributed by atoms with Crippen LogP contribution in [-0.2, 0) is 6.54 Å². The number of aromatic hydroxyl groups is 1. The van der Waals surface area contributed by atoms with Crippen LogP contribution in [0.1, 0.15) is 15.9 Å². The first-order chi connectivity index (χ1) is 9.60. The first-order valence-electron chi connectivity index (χ1n) is 6.00. The zero-order chi connectivity index (χ0) is 14.5. The SMILES string of the molecule is COc1ccc(C(=O)NCc2ccc(F)cc2)cc1O. The Kier molecular flexibility index (Phi) is 4.20. The van der Waals surface area contributed by atoms with Crippen molar-refractivity contribution in [2.24, 2.45) is 0 Å². The molecule has 0 aliphatic heterocycles. The molecule has 2 rings (SSSR count). The Morgan fingerprint density at radius 3 is 2.55 bits per heavy atom. The van der Waals surface area contributed by atoms with Crippen LogP contribution in [0.5, 0.6) is 11.5 Å². The predicted molar refractivity (Wildman–Crippen MR) is 72.2 cm³/mol. The number of amides is 1. The molecule has 0 fully saturated rings. The number of methoxy groups -OCH3 is 1. The summed E-state index contributed by atoms with van der Waals surface area (Å²) in [5.74, 6) is -0.436. The third-order valence-electron chi connectivity index (χ3n) is 2.81. The van der Waals surface area contributed by atoms with Gasteiger partial charge in [-0.1, -0.05) is 12.1 Å². The maximum atomic E-state index is 12.7. The van der Waals surface area contributed by atoms with Crippen LogP contribution in [0.25, 0.3) is 0 Å². The van der Waals surface area contributed by atoms with Crippen molar-refractivity contribution in [1.82, 2.24) is 5.32 Å². The molecule has 2 aromatic carbocycles. The lowest BCUT2D eigenvalue weighted by Crippen LogP contribution is -2.22. The number of hydrogen-bond donors (Lipinski definition) is 2. The maximum Gasteiger partial charge on any atom is 0.251 e. The molecule has 0 unspecified atom stereocenters. The van der Waals surface area contributed by atoms with Crippen molar-refractivity contribution >= 4 is 5.91 Å². The monoisotopic (exact) mass is 275 g/mol. The van der Waals surface area contributed by atoms with Crippen LogP contribution in [0.3, 0.4) is 0 Å². The summed E-state index contributed by atoms with van der Waals surface area (Å²) < 4.78 is 17.6. The molecule has 0 bridgehead atoms. The van der Waals surface area contributed by atoms with Crippen molar-refractivity contribution in [1.29, 1.82) is 0 Å². The lowest BCUT2D eigenvalue weighted by molar-refractivity contribution is 0.0950. The molecule has 4 nitrogen and oxygen atoms in total. The van der Waals surface area contributed by atoms with Crippen LogP contribution in [-0.4, -0.2) is 18.1 Å². The van der Waals surface area contributed by atoms with E-state index >= 15 is 0 Å². The molecule has 0 atom stereocenters. The van der Waals surface area contributed by atoms with Crippen molar-refractivity contribution in [3.63, 3.8) is 0 Å². The molecule has 0 aromatic heterocycles. The third kappa shape index (κ3) is 3.26. The van der Waals surface area contributed by atoms with Gasteiger partial charge in [-0.25, -0.2) is 4.39 Å². The fourth-order valence-electron chi connectivity index (χ4n) is 1.72. The van der Waals surface area contributed by atoms with E-state index in [1.54, 1.807) is 18.2 Å².